The van der Waals surface area contributed by atoms with Crippen LogP contribution in [0.25, 0.3) is 0 Å². The second-order valence-corrected chi connectivity index (χ2v) is 5.44. The van der Waals surface area contributed by atoms with Crippen LogP contribution in [0.3, 0.4) is 0 Å². The topological polar surface area (TPSA) is 29.3 Å². The van der Waals surface area contributed by atoms with Crippen LogP contribution in [0.2, 0.25) is 0 Å². The minimum Gasteiger partial charge on any atom is -0.362 e. The van der Waals surface area contributed by atoms with Crippen molar-refractivity contribution in [3.05, 3.63) is 29.8 Å². The second kappa shape index (κ2) is 3.42. The van der Waals surface area contributed by atoms with E-state index in [2.05, 4.69) is 29.2 Å². The Morgan fingerprint density at radius 2 is 2.13 bits per heavy atom. The average molecular weight is 220 g/mol. The number of thioether (sulfide) groups is 1. The summed E-state index contributed by atoms with van der Waals surface area (Å²) < 4.78 is 0. The Labute approximate surface area is 94.8 Å². The second-order valence-electron chi connectivity index (χ2n) is 4.45. The summed E-state index contributed by atoms with van der Waals surface area (Å²) in [4.78, 5) is 2.54. The molecule has 0 unspecified atom stereocenters. The van der Waals surface area contributed by atoms with E-state index in [0.29, 0.717) is 0 Å². The number of para-hydroxylation sites is 1. The van der Waals surface area contributed by atoms with Gasteiger partial charge in [-0.3, -0.25) is 0 Å². The third kappa shape index (κ3) is 1.30. The molecule has 0 amide bonds. The Morgan fingerprint density at radius 1 is 1.33 bits per heavy atom. The van der Waals surface area contributed by atoms with Crippen molar-refractivity contribution in [2.75, 3.05) is 29.5 Å². The van der Waals surface area contributed by atoms with Crippen LogP contribution in [0.1, 0.15) is 5.56 Å². The molecule has 2 aliphatic heterocycles. The Morgan fingerprint density at radius 3 is 2.80 bits per heavy atom. The van der Waals surface area contributed by atoms with Gasteiger partial charge in [-0.15, -0.1) is 0 Å². The van der Waals surface area contributed by atoms with Gasteiger partial charge in [0.05, 0.1) is 5.54 Å². The molecule has 0 radical (unpaired) electrons. The van der Waals surface area contributed by atoms with Crippen LogP contribution >= 0.6 is 11.8 Å². The summed E-state index contributed by atoms with van der Waals surface area (Å²) in [5.41, 5.74) is 9.12. The Balaban J connectivity index is 1.96. The number of nitrogens with two attached hydrogens (primary N) is 1. The minimum atomic E-state index is 0.261. The molecular weight excluding hydrogens is 204 g/mol. The highest BCUT2D eigenvalue weighted by molar-refractivity contribution is 8.00. The SMILES string of the molecule is NCC1(N2CCc3ccccc32)CSC1. The summed E-state index contributed by atoms with van der Waals surface area (Å²) >= 11 is 2.01. The van der Waals surface area contributed by atoms with Crippen molar-refractivity contribution in [3.63, 3.8) is 0 Å². The smallest absolute Gasteiger partial charge is 0.0704 e. The first-order valence-corrected chi connectivity index (χ1v) is 6.65. The predicted octanol–water partition coefficient (Wildman–Crippen LogP) is 1.49. The molecule has 1 fully saturated rings. The van der Waals surface area contributed by atoms with Gasteiger partial charge < -0.3 is 10.6 Å². The lowest BCUT2D eigenvalue weighted by molar-refractivity contribution is 0.476. The first-order chi connectivity index (χ1) is 7.36. The van der Waals surface area contributed by atoms with Crippen LogP contribution in [0.5, 0.6) is 0 Å². The van der Waals surface area contributed by atoms with Crippen molar-refractivity contribution in [2.45, 2.75) is 12.0 Å². The van der Waals surface area contributed by atoms with E-state index in [0.717, 1.165) is 13.1 Å². The molecule has 1 saturated heterocycles. The maximum atomic E-state index is 5.95. The van der Waals surface area contributed by atoms with Gasteiger partial charge in [0.2, 0.25) is 0 Å². The van der Waals surface area contributed by atoms with Gasteiger partial charge >= 0.3 is 0 Å². The molecule has 0 bridgehead atoms. The first-order valence-electron chi connectivity index (χ1n) is 5.49. The first kappa shape index (κ1) is 9.55. The molecule has 2 N–H and O–H groups in total. The van der Waals surface area contributed by atoms with E-state index in [4.69, 9.17) is 5.73 Å². The lowest BCUT2D eigenvalue weighted by Gasteiger charge is -2.49. The van der Waals surface area contributed by atoms with Crippen molar-refractivity contribution < 1.29 is 0 Å². The van der Waals surface area contributed by atoms with Crippen molar-refractivity contribution in [3.8, 4) is 0 Å². The standard InChI is InChI=1S/C12H16N2S/c13-7-12(8-15-9-12)14-6-5-10-3-1-2-4-11(10)14/h1-4H,5-9,13H2. The number of anilines is 1. The molecule has 80 valence electrons. The van der Waals surface area contributed by atoms with Gasteiger partial charge in [-0.2, -0.15) is 11.8 Å². The zero-order valence-electron chi connectivity index (χ0n) is 8.78. The maximum absolute atomic E-state index is 5.95. The largest absolute Gasteiger partial charge is 0.362 e. The quantitative estimate of drug-likeness (QED) is 0.819. The molecule has 0 aliphatic carbocycles. The fourth-order valence-electron chi connectivity index (χ4n) is 2.55. The van der Waals surface area contributed by atoms with Crippen LogP contribution in [0, 0.1) is 0 Å². The van der Waals surface area contributed by atoms with E-state index in [1.54, 1.807) is 0 Å². The van der Waals surface area contributed by atoms with Crippen LogP contribution in [-0.4, -0.2) is 30.1 Å². The van der Waals surface area contributed by atoms with Gasteiger partial charge in [0.1, 0.15) is 0 Å². The van der Waals surface area contributed by atoms with Gasteiger partial charge in [-0.05, 0) is 18.1 Å². The molecule has 0 atom stereocenters. The fraction of sp³-hybridized carbons (Fsp3) is 0.500. The summed E-state index contributed by atoms with van der Waals surface area (Å²) in [5, 5.41) is 0. The number of hydrogen-bond donors (Lipinski definition) is 1. The van der Waals surface area contributed by atoms with E-state index >= 15 is 0 Å². The van der Waals surface area contributed by atoms with E-state index < -0.39 is 0 Å². The van der Waals surface area contributed by atoms with Crippen molar-refractivity contribution in [1.29, 1.82) is 0 Å². The fourth-order valence-corrected chi connectivity index (χ4v) is 3.78. The van der Waals surface area contributed by atoms with Crippen LogP contribution in [-0.2, 0) is 6.42 Å². The summed E-state index contributed by atoms with van der Waals surface area (Å²) in [7, 11) is 0. The van der Waals surface area contributed by atoms with Crippen molar-refractivity contribution in [1.82, 2.24) is 0 Å². The van der Waals surface area contributed by atoms with Crippen LogP contribution < -0.4 is 10.6 Å². The van der Waals surface area contributed by atoms with Crippen molar-refractivity contribution in [2.24, 2.45) is 5.73 Å². The van der Waals surface area contributed by atoms with Gasteiger partial charge in [0.25, 0.3) is 0 Å². The van der Waals surface area contributed by atoms with E-state index in [1.807, 2.05) is 11.8 Å². The van der Waals surface area contributed by atoms with E-state index in [-0.39, 0.29) is 5.54 Å². The zero-order chi connectivity index (χ0) is 10.3. The highest BCUT2D eigenvalue weighted by Crippen LogP contribution is 2.41. The monoisotopic (exact) mass is 220 g/mol. The number of rotatable bonds is 2. The predicted molar refractivity (Wildman–Crippen MR) is 66.6 cm³/mol. The average Bonchev–Trinajstić information content (AvgIpc) is 2.62. The highest BCUT2D eigenvalue weighted by Gasteiger charge is 2.44. The third-order valence-electron chi connectivity index (χ3n) is 3.58. The zero-order valence-corrected chi connectivity index (χ0v) is 9.59. The normalized spacial score (nSPS) is 22.3. The van der Waals surface area contributed by atoms with Gasteiger partial charge in [0, 0.05) is 30.3 Å². The number of fused-ring (bicyclic) bond motifs is 1. The van der Waals surface area contributed by atoms with Crippen molar-refractivity contribution >= 4 is 17.4 Å². The Bertz CT molecular complexity index is 368. The summed E-state index contributed by atoms with van der Waals surface area (Å²) in [5.74, 6) is 2.38. The molecule has 1 aromatic rings. The maximum Gasteiger partial charge on any atom is 0.0704 e. The van der Waals surface area contributed by atoms with E-state index in [1.165, 1.54) is 29.2 Å². The highest BCUT2D eigenvalue weighted by atomic mass is 32.2. The molecule has 0 aromatic heterocycles. The lowest BCUT2D eigenvalue weighted by atomic mass is 10.0. The molecule has 2 heterocycles. The number of hydrogen-bond acceptors (Lipinski definition) is 3. The molecule has 2 nitrogen and oxygen atoms in total. The van der Waals surface area contributed by atoms with Crippen LogP contribution in [0.4, 0.5) is 5.69 Å². The van der Waals surface area contributed by atoms with Gasteiger partial charge in [-0.1, -0.05) is 18.2 Å². The molecular formula is C12H16N2S. The molecule has 2 aliphatic rings. The molecule has 0 spiro atoms. The van der Waals surface area contributed by atoms with Crippen LogP contribution in [0.15, 0.2) is 24.3 Å². The lowest BCUT2D eigenvalue weighted by Crippen LogP contribution is -2.62. The van der Waals surface area contributed by atoms with Gasteiger partial charge in [0.15, 0.2) is 0 Å². The molecule has 15 heavy (non-hydrogen) atoms. The summed E-state index contributed by atoms with van der Waals surface area (Å²) in [6, 6.07) is 8.74. The number of benzene rings is 1. The number of nitrogens with zero attached hydrogens (tertiary/aromatic N) is 1. The minimum absolute atomic E-state index is 0.261. The molecule has 0 saturated carbocycles. The van der Waals surface area contributed by atoms with E-state index in [9.17, 15) is 0 Å². The molecule has 3 rings (SSSR count). The van der Waals surface area contributed by atoms with Gasteiger partial charge in [-0.25, -0.2) is 0 Å². The third-order valence-corrected chi connectivity index (χ3v) is 5.06. The molecule has 1 aromatic carbocycles. The Kier molecular flexibility index (Phi) is 2.18. The summed E-state index contributed by atoms with van der Waals surface area (Å²) in [6.07, 6.45) is 1.18. The summed E-state index contributed by atoms with van der Waals surface area (Å²) in [6.45, 7) is 1.94. The molecule has 3 heteroatoms. The Hall–Kier alpha value is -0.670.